The maximum Gasteiger partial charge on any atom is 0.0658 e. The first kappa shape index (κ1) is 13.8. The summed E-state index contributed by atoms with van der Waals surface area (Å²) in [6.45, 7) is 2.16. The van der Waals surface area contributed by atoms with Gasteiger partial charge >= 0.3 is 0 Å². The summed E-state index contributed by atoms with van der Waals surface area (Å²) >= 11 is 6.15. The van der Waals surface area contributed by atoms with E-state index in [1.807, 2.05) is 18.2 Å². The van der Waals surface area contributed by atoms with Gasteiger partial charge in [0.05, 0.1) is 10.7 Å². The maximum absolute atomic E-state index is 6.15. The predicted octanol–water partition coefficient (Wildman–Crippen LogP) is 4.36. The summed E-state index contributed by atoms with van der Waals surface area (Å²) in [5.41, 5.74) is 8.67. The molecule has 19 heavy (non-hydrogen) atoms. The third kappa shape index (κ3) is 4.18. The highest BCUT2D eigenvalue weighted by molar-refractivity contribution is 6.33. The number of rotatable bonds is 5. The van der Waals surface area contributed by atoms with Crippen LogP contribution in [0.1, 0.15) is 18.9 Å². The Kier molecular flexibility index (Phi) is 4.69. The van der Waals surface area contributed by atoms with E-state index in [0.717, 1.165) is 18.5 Å². The van der Waals surface area contributed by atoms with Gasteiger partial charge < -0.3 is 11.1 Å². The van der Waals surface area contributed by atoms with Gasteiger partial charge in [-0.15, -0.1) is 0 Å². The number of halogens is 1. The first-order valence-corrected chi connectivity index (χ1v) is 6.88. The largest absolute Gasteiger partial charge is 0.399 e. The van der Waals surface area contributed by atoms with E-state index in [0.29, 0.717) is 16.8 Å². The first-order chi connectivity index (χ1) is 9.15. The van der Waals surface area contributed by atoms with Crippen molar-refractivity contribution < 1.29 is 0 Å². The minimum atomic E-state index is 0.362. The Bertz CT molecular complexity index is 526. The normalized spacial score (nSPS) is 12.1. The van der Waals surface area contributed by atoms with Crippen molar-refractivity contribution in [1.29, 1.82) is 0 Å². The van der Waals surface area contributed by atoms with Crippen LogP contribution < -0.4 is 11.1 Å². The van der Waals surface area contributed by atoms with Crippen molar-refractivity contribution in [3.8, 4) is 0 Å². The lowest BCUT2D eigenvalue weighted by Gasteiger charge is -2.16. The first-order valence-electron chi connectivity index (χ1n) is 6.50. The fourth-order valence-electron chi connectivity index (χ4n) is 2.01. The SMILES string of the molecule is CC(CCc1ccccc1)Nc1ccc(N)cc1Cl. The molecule has 2 aromatic carbocycles. The third-order valence-corrected chi connectivity index (χ3v) is 3.42. The number of anilines is 2. The molecule has 0 radical (unpaired) electrons. The molecule has 0 heterocycles. The summed E-state index contributed by atoms with van der Waals surface area (Å²) in [5.74, 6) is 0. The van der Waals surface area contributed by atoms with Crippen LogP contribution >= 0.6 is 11.6 Å². The van der Waals surface area contributed by atoms with Crippen molar-refractivity contribution in [2.75, 3.05) is 11.1 Å². The van der Waals surface area contributed by atoms with Crippen molar-refractivity contribution in [2.45, 2.75) is 25.8 Å². The molecule has 3 N–H and O–H groups in total. The molecule has 0 aliphatic rings. The predicted molar refractivity (Wildman–Crippen MR) is 83.7 cm³/mol. The van der Waals surface area contributed by atoms with E-state index in [9.17, 15) is 0 Å². The molecule has 100 valence electrons. The van der Waals surface area contributed by atoms with E-state index >= 15 is 0 Å². The van der Waals surface area contributed by atoms with Crippen LogP contribution in [-0.4, -0.2) is 6.04 Å². The molecule has 0 spiro atoms. The second-order valence-corrected chi connectivity index (χ2v) is 5.22. The number of benzene rings is 2. The average molecular weight is 275 g/mol. The fourth-order valence-corrected chi connectivity index (χ4v) is 2.26. The molecule has 0 aliphatic carbocycles. The van der Waals surface area contributed by atoms with E-state index in [1.54, 1.807) is 6.07 Å². The topological polar surface area (TPSA) is 38.0 Å². The van der Waals surface area contributed by atoms with Gasteiger partial charge in [-0.1, -0.05) is 41.9 Å². The van der Waals surface area contributed by atoms with E-state index in [-0.39, 0.29) is 0 Å². The van der Waals surface area contributed by atoms with Crippen LogP contribution in [0, 0.1) is 0 Å². The molecule has 0 amide bonds. The van der Waals surface area contributed by atoms with E-state index in [4.69, 9.17) is 17.3 Å². The van der Waals surface area contributed by atoms with Crippen molar-refractivity contribution in [3.63, 3.8) is 0 Å². The van der Waals surface area contributed by atoms with Crippen LogP contribution in [0.3, 0.4) is 0 Å². The molecule has 2 nitrogen and oxygen atoms in total. The van der Waals surface area contributed by atoms with Crippen LogP contribution in [0.15, 0.2) is 48.5 Å². The molecule has 3 heteroatoms. The van der Waals surface area contributed by atoms with Crippen LogP contribution in [-0.2, 0) is 6.42 Å². The molecule has 1 atom stereocenters. The monoisotopic (exact) mass is 274 g/mol. The Morgan fingerprint density at radius 2 is 1.89 bits per heavy atom. The van der Waals surface area contributed by atoms with Gasteiger partial charge in [0, 0.05) is 11.7 Å². The fraction of sp³-hybridized carbons (Fsp3) is 0.250. The second-order valence-electron chi connectivity index (χ2n) is 4.81. The van der Waals surface area contributed by atoms with Crippen molar-refractivity contribution in [1.82, 2.24) is 0 Å². The van der Waals surface area contributed by atoms with Crippen LogP contribution in [0.25, 0.3) is 0 Å². The Balaban J connectivity index is 1.89. The van der Waals surface area contributed by atoms with Crippen molar-refractivity contribution >= 4 is 23.0 Å². The number of nitrogens with two attached hydrogens (primary N) is 1. The smallest absolute Gasteiger partial charge is 0.0658 e. The third-order valence-electron chi connectivity index (χ3n) is 3.10. The quantitative estimate of drug-likeness (QED) is 0.795. The molecule has 0 aromatic heterocycles. The molecule has 0 bridgehead atoms. The molecule has 0 saturated heterocycles. The van der Waals surface area contributed by atoms with Gasteiger partial charge in [-0.3, -0.25) is 0 Å². The Hall–Kier alpha value is -1.67. The minimum Gasteiger partial charge on any atom is -0.399 e. The Morgan fingerprint density at radius 1 is 1.16 bits per heavy atom. The van der Waals surface area contributed by atoms with Crippen molar-refractivity contribution in [2.24, 2.45) is 0 Å². The molecule has 1 unspecified atom stereocenters. The van der Waals surface area contributed by atoms with Gasteiger partial charge in [0.15, 0.2) is 0 Å². The lowest BCUT2D eigenvalue weighted by Crippen LogP contribution is -2.16. The highest BCUT2D eigenvalue weighted by Gasteiger charge is 2.06. The lowest BCUT2D eigenvalue weighted by atomic mass is 10.1. The highest BCUT2D eigenvalue weighted by atomic mass is 35.5. The molecule has 2 rings (SSSR count). The summed E-state index contributed by atoms with van der Waals surface area (Å²) < 4.78 is 0. The van der Waals surface area contributed by atoms with Crippen LogP contribution in [0.4, 0.5) is 11.4 Å². The molecular formula is C16H19ClN2. The summed E-state index contributed by atoms with van der Waals surface area (Å²) in [6, 6.07) is 16.4. The summed E-state index contributed by atoms with van der Waals surface area (Å²) in [5, 5.41) is 4.09. The Morgan fingerprint density at radius 3 is 2.58 bits per heavy atom. The number of nitrogens with one attached hydrogen (secondary N) is 1. The van der Waals surface area contributed by atoms with Gasteiger partial charge in [0.1, 0.15) is 0 Å². The minimum absolute atomic E-state index is 0.362. The van der Waals surface area contributed by atoms with Gasteiger partial charge in [0.25, 0.3) is 0 Å². The van der Waals surface area contributed by atoms with Gasteiger partial charge in [-0.25, -0.2) is 0 Å². The lowest BCUT2D eigenvalue weighted by molar-refractivity contribution is 0.706. The maximum atomic E-state index is 6.15. The summed E-state index contributed by atoms with van der Waals surface area (Å²) in [7, 11) is 0. The second kappa shape index (κ2) is 6.48. The van der Waals surface area contributed by atoms with E-state index in [1.165, 1.54) is 5.56 Å². The van der Waals surface area contributed by atoms with Crippen LogP contribution in [0.5, 0.6) is 0 Å². The van der Waals surface area contributed by atoms with Crippen molar-refractivity contribution in [3.05, 3.63) is 59.1 Å². The number of aryl methyl sites for hydroxylation is 1. The average Bonchev–Trinajstić information content (AvgIpc) is 2.41. The van der Waals surface area contributed by atoms with Gasteiger partial charge in [-0.05, 0) is 43.5 Å². The zero-order chi connectivity index (χ0) is 13.7. The molecule has 0 saturated carbocycles. The van der Waals surface area contributed by atoms with E-state index in [2.05, 4.69) is 36.5 Å². The molecule has 0 aliphatic heterocycles. The molecular weight excluding hydrogens is 256 g/mol. The number of hydrogen-bond donors (Lipinski definition) is 2. The molecule has 2 aromatic rings. The van der Waals surface area contributed by atoms with E-state index < -0.39 is 0 Å². The number of hydrogen-bond acceptors (Lipinski definition) is 2. The Labute approximate surface area is 119 Å². The zero-order valence-corrected chi connectivity index (χ0v) is 11.8. The van der Waals surface area contributed by atoms with Crippen LogP contribution in [0.2, 0.25) is 5.02 Å². The zero-order valence-electron chi connectivity index (χ0n) is 11.1. The highest BCUT2D eigenvalue weighted by Crippen LogP contribution is 2.25. The standard InChI is InChI=1S/C16H19ClN2/c1-12(7-8-13-5-3-2-4-6-13)19-16-10-9-14(18)11-15(16)17/h2-6,9-12,19H,7-8,18H2,1H3. The summed E-state index contributed by atoms with van der Waals surface area (Å²) in [4.78, 5) is 0. The number of nitrogen functional groups attached to an aromatic ring is 1. The van der Waals surface area contributed by atoms with Gasteiger partial charge in [0.2, 0.25) is 0 Å². The summed E-state index contributed by atoms with van der Waals surface area (Å²) in [6.07, 6.45) is 2.12. The molecule has 0 fully saturated rings. The van der Waals surface area contributed by atoms with Gasteiger partial charge in [-0.2, -0.15) is 0 Å².